The number of sulfonamides is 1. The molecular formula is C12H16F2N2O2S2. The van der Waals surface area contributed by atoms with E-state index in [1.165, 1.54) is 0 Å². The van der Waals surface area contributed by atoms with Crippen LogP contribution in [0.5, 0.6) is 0 Å². The molecule has 0 aromatic heterocycles. The molecule has 0 aliphatic carbocycles. The van der Waals surface area contributed by atoms with E-state index in [2.05, 4.69) is 4.72 Å². The smallest absolute Gasteiger partial charge is 0.243 e. The van der Waals surface area contributed by atoms with E-state index >= 15 is 0 Å². The molecule has 112 valence electrons. The summed E-state index contributed by atoms with van der Waals surface area (Å²) in [5.41, 5.74) is 5.58. The van der Waals surface area contributed by atoms with Gasteiger partial charge >= 0.3 is 0 Å². The number of halogens is 2. The first kappa shape index (κ1) is 15.7. The number of nitrogens with one attached hydrogen (secondary N) is 1. The predicted octanol–water partition coefficient (Wildman–Crippen LogP) is 1.45. The lowest BCUT2D eigenvalue weighted by Crippen LogP contribution is -2.30. The minimum absolute atomic E-state index is 0.0566. The van der Waals surface area contributed by atoms with Crippen molar-refractivity contribution in [1.82, 2.24) is 4.72 Å². The van der Waals surface area contributed by atoms with Gasteiger partial charge in [-0.3, -0.25) is 0 Å². The zero-order chi connectivity index (χ0) is 14.8. The third kappa shape index (κ3) is 3.49. The highest BCUT2D eigenvalue weighted by Crippen LogP contribution is 2.24. The maximum atomic E-state index is 13.7. The van der Waals surface area contributed by atoms with E-state index in [0.29, 0.717) is 0 Å². The third-order valence-corrected chi connectivity index (χ3v) is 5.82. The predicted molar refractivity (Wildman–Crippen MR) is 74.9 cm³/mol. The molecule has 1 aliphatic rings. The van der Waals surface area contributed by atoms with E-state index in [1.54, 1.807) is 11.8 Å². The molecule has 2 rings (SSSR count). The van der Waals surface area contributed by atoms with Crippen LogP contribution in [0.3, 0.4) is 0 Å². The molecule has 1 aromatic carbocycles. The summed E-state index contributed by atoms with van der Waals surface area (Å²) in [5, 5.41) is 0. The lowest BCUT2D eigenvalue weighted by Gasteiger charge is -2.12. The van der Waals surface area contributed by atoms with Gasteiger partial charge in [-0.2, -0.15) is 11.8 Å². The second kappa shape index (κ2) is 6.38. The van der Waals surface area contributed by atoms with Crippen LogP contribution in [-0.4, -0.2) is 26.5 Å². The largest absolute Gasteiger partial charge is 0.326 e. The van der Waals surface area contributed by atoms with Crippen LogP contribution in [0.4, 0.5) is 8.78 Å². The van der Waals surface area contributed by atoms with Gasteiger partial charge in [0, 0.05) is 13.1 Å². The van der Waals surface area contributed by atoms with Gasteiger partial charge in [0.05, 0.1) is 0 Å². The van der Waals surface area contributed by atoms with E-state index in [4.69, 9.17) is 5.73 Å². The fraction of sp³-hybridized carbons (Fsp3) is 0.500. The van der Waals surface area contributed by atoms with Gasteiger partial charge in [0.25, 0.3) is 0 Å². The summed E-state index contributed by atoms with van der Waals surface area (Å²) in [6.45, 7) is 0.183. The Morgan fingerprint density at radius 2 is 2.15 bits per heavy atom. The van der Waals surface area contributed by atoms with E-state index in [-0.39, 0.29) is 24.6 Å². The van der Waals surface area contributed by atoms with Crippen molar-refractivity contribution in [1.29, 1.82) is 0 Å². The Balaban J connectivity index is 2.21. The first-order valence-electron chi connectivity index (χ1n) is 6.19. The Labute approximate surface area is 121 Å². The molecule has 1 atom stereocenters. The number of hydrogen-bond donors (Lipinski definition) is 2. The Hall–Kier alpha value is -0.700. The summed E-state index contributed by atoms with van der Waals surface area (Å²) < 4.78 is 53.5. The van der Waals surface area contributed by atoms with Gasteiger partial charge in [0.1, 0.15) is 4.90 Å². The number of hydrogen-bond acceptors (Lipinski definition) is 4. The molecule has 20 heavy (non-hydrogen) atoms. The number of thioether (sulfide) groups is 1. The highest BCUT2D eigenvalue weighted by molar-refractivity contribution is 7.99. The second-order valence-electron chi connectivity index (χ2n) is 4.68. The van der Waals surface area contributed by atoms with Crippen LogP contribution in [0.2, 0.25) is 0 Å². The lowest BCUT2D eigenvalue weighted by atomic mass is 10.1. The molecule has 3 N–H and O–H groups in total. The van der Waals surface area contributed by atoms with Crippen molar-refractivity contribution in [2.45, 2.75) is 17.9 Å². The van der Waals surface area contributed by atoms with Crippen LogP contribution in [0.25, 0.3) is 0 Å². The van der Waals surface area contributed by atoms with Gasteiger partial charge < -0.3 is 5.73 Å². The van der Waals surface area contributed by atoms with Crippen LogP contribution >= 0.6 is 11.8 Å². The van der Waals surface area contributed by atoms with Crippen LogP contribution in [0.1, 0.15) is 12.0 Å². The van der Waals surface area contributed by atoms with E-state index in [1.807, 2.05) is 0 Å². The highest BCUT2D eigenvalue weighted by Gasteiger charge is 2.25. The summed E-state index contributed by atoms with van der Waals surface area (Å²) >= 11 is 1.75. The van der Waals surface area contributed by atoms with E-state index < -0.39 is 26.6 Å². The maximum Gasteiger partial charge on any atom is 0.243 e. The summed E-state index contributed by atoms with van der Waals surface area (Å²) in [6.07, 6.45) is 0.923. The highest BCUT2D eigenvalue weighted by atomic mass is 32.2. The maximum absolute atomic E-state index is 13.7. The van der Waals surface area contributed by atoms with Gasteiger partial charge in [0.15, 0.2) is 11.6 Å². The molecule has 1 fully saturated rings. The van der Waals surface area contributed by atoms with Gasteiger partial charge in [0.2, 0.25) is 10.0 Å². The number of benzene rings is 1. The molecule has 0 amide bonds. The SMILES string of the molecule is NCc1cc(F)c(F)c(S(=O)(=O)NCC2CCSC2)c1. The van der Waals surface area contributed by atoms with Crippen molar-refractivity contribution < 1.29 is 17.2 Å². The fourth-order valence-electron chi connectivity index (χ4n) is 1.98. The van der Waals surface area contributed by atoms with Crippen molar-refractivity contribution in [3.8, 4) is 0 Å². The minimum Gasteiger partial charge on any atom is -0.326 e. The number of rotatable bonds is 5. The van der Waals surface area contributed by atoms with Crippen molar-refractivity contribution in [3.63, 3.8) is 0 Å². The summed E-state index contributed by atoms with van der Waals surface area (Å²) in [6, 6.07) is 1.98. The van der Waals surface area contributed by atoms with Gasteiger partial charge in [-0.05, 0) is 41.5 Å². The third-order valence-electron chi connectivity index (χ3n) is 3.17. The summed E-state index contributed by atoms with van der Waals surface area (Å²) in [4.78, 5) is -0.677. The molecule has 1 aliphatic heterocycles. The van der Waals surface area contributed by atoms with Gasteiger partial charge in [-0.25, -0.2) is 21.9 Å². The Bertz CT molecular complexity index is 587. The Morgan fingerprint density at radius 3 is 2.75 bits per heavy atom. The Morgan fingerprint density at radius 1 is 1.40 bits per heavy atom. The second-order valence-corrected chi connectivity index (χ2v) is 7.56. The van der Waals surface area contributed by atoms with Crippen molar-refractivity contribution in [3.05, 3.63) is 29.3 Å². The molecule has 0 saturated carbocycles. The zero-order valence-corrected chi connectivity index (χ0v) is 12.4. The van der Waals surface area contributed by atoms with Crippen molar-refractivity contribution in [2.75, 3.05) is 18.1 Å². The average molecular weight is 322 g/mol. The minimum atomic E-state index is -4.06. The van der Waals surface area contributed by atoms with Gasteiger partial charge in [-0.15, -0.1) is 0 Å². The first-order chi connectivity index (χ1) is 9.44. The quantitative estimate of drug-likeness (QED) is 0.861. The molecule has 1 heterocycles. The first-order valence-corrected chi connectivity index (χ1v) is 8.83. The monoisotopic (exact) mass is 322 g/mol. The molecule has 1 saturated heterocycles. The van der Waals surface area contributed by atoms with Crippen LogP contribution in [0, 0.1) is 17.6 Å². The van der Waals surface area contributed by atoms with Crippen molar-refractivity contribution in [2.24, 2.45) is 11.7 Å². The molecule has 8 heteroatoms. The van der Waals surface area contributed by atoms with E-state index in [0.717, 1.165) is 30.1 Å². The lowest BCUT2D eigenvalue weighted by molar-refractivity contribution is 0.479. The topological polar surface area (TPSA) is 72.2 Å². The van der Waals surface area contributed by atoms with Crippen molar-refractivity contribution >= 4 is 21.8 Å². The standard InChI is InChI=1S/C12H16F2N2O2S2/c13-10-3-9(5-15)4-11(12(10)14)20(17,18)16-6-8-1-2-19-7-8/h3-4,8,16H,1-2,5-7,15H2. The normalized spacial score (nSPS) is 19.4. The fourth-order valence-corrected chi connectivity index (χ4v) is 4.52. The Kier molecular flexibility index (Phi) is 5.00. The molecule has 0 bridgehead atoms. The average Bonchev–Trinajstić information content (AvgIpc) is 2.92. The molecule has 4 nitrogen and oxygen atoms in total. The number of nitrogens with two attached hydrogens (primary N) is 1. The molecule has 1 unspecified atom stereocenters. The summed E-state index contributed by atoms with van der Waals surface area (Å²) in [7, 11) is -4.06. The molecular weight excluding hydrogens is 306 g/mol. The van der Waals surface area contributed by atoms with Crippen LogP contribution in [0.15, 0.2) is 17.0 Å². The van der Waals surface area contributed by atoms with Crippen LogP contribution < -0.4 is 10.5 Å². The summed E-state index contributed by atoms with van der Waals surface area (Å²) in [5.74, 6) is -0.458. The van der Waals surface area contributed by atoms with E-state index in [9.17, 15) is 17.2 Å². The zero-order valence-electron chi connectivity index (χ0n) is 10.7. The van der Waals surface area contributed by atoms with Crippen LogP contribution in [-0.2, 0) is 16.6 Å². The molecule has 1 aromatic rings. The molecule has 0 spiro atoms. The molecule has 0 radical (unpaired) electrons. The van der Waals surface area contributed by atoms with Gasteiger partial charge in [-0.1, -0.05) is 0 Å².